The molecule has 0 aliphatic carbocycles. The minimum atomic E-state index is -1.26. The summed E-state index contributed by atoms with van der Waals surface area (Å²) in [5.41, 5.74) is 5.05. The lowest BCUT2D eigenvalue weighted by Crippen LogP contribution is -2.04. The topological polar surface area (TPSA) is 72.5 Å². The average molecular weight is 185 g/mol. The van der Waals surface area contributed by atoms with Gasteiger partial charge in [0, 0.05) is 6.07 Å². The molecular weight excluding hydrogens is 177 g/mol. The molecule has 0 saturated heterocycles. The van der Waals surface area contributed by atoms with Gasteiger partial charge in [0.15, 0.2) is 11.6 Å². The van der Waals surface area contributed by atoms with Gasteiger partial charge in [-0.1, -0.05) is 0 Å². The molecule has 0 spiro atoms. The van der Waals surface area contributed by atoms with E-state index in [9.17, 15) is 9.18 Å². The van der Waals surface area contributed by atoms with E-state index in [1.165, 1.54) is 7.11 Å². The summed E-state index contributed by atoms with van der Waals surface area (Å²) in [4.78, 5) is 10.5. The normalized spacial score (nSPS) is 9.69. The van der Waals surface area contributed by atoms with E-state index in [4.69, 9.17) is 10.8 Å². The van der Waals surface area contributed by atoms with Gasteiger partial charge in [-0.15, -0.1) is 0 Å². The van der Waals surface area contributed by atoms with Gasteiger partial charge in [0.1, 0.15) is 0 Å². The lowest BCUT2D eigenvalue weighted by Gasteiger charge is -2.05. The van der Waals surface area contributed by atoms with Crippen molar-refractivity contribution in [3.8, 4) is 5.75 Å². The number of carboxylic acid groups (broad SMARTS) is 1. The van der Waals surface area contributed by atoms with Gasteiger partial charge in [-0.2, -0.15) is 0 Å². The Morgan fingerprint density at radius 3 is 2.69 bits per heavy atom. The summed E-state index contributed by atoms with van der Waals surface area (Å²) in [5.74, 6) is -2.07. The van der Waals surface area contributed by atoms with E-state index >= 15 is 0 Å². The van der Waals surface area contributed by atoms with Gasteiger partial charge in [-0.3, -0.25) is 0 Å². The molecular formula is C8H8FNO3. The van der Waals surface area contributed by atoms with Crippen molar-refractivity contribution in [1.82, 2.24) is 0 Å². The summed E-state index contributed by atoms with van der Waals surface area (Å²) in [6.07, 6.45) is 0. The molecule has 0 amide bonds. The van der Waals surface area contributed by atoms with E-state index in [2.05, 4.69) is 4.74 Å². The van der Waals surface area contributed by atoms with Gasteiger partial charge in [-0.05, 0) is 6.07 Å². The first-order valence-electron chi connectivity index (χ1n) is 3.42. The number of hydrogen-bond donors (Lipinski definition) is 2. The number of carbonyl (C=O) groups is 1. The van der Waals surface area contributed by atoms with Crippen LogP contribution >= 0.6 is 0 Å². The molecule has 1 aromatic rings. The maximum atomic E-state index is 12.9. The zero-order chi connectivity index (χ0) is 10.0. The third-order valence-electron chi connectivity index (χ3n) is 1.55. The van der Waals surface area contributed by atoms with Crippen LogP contribution in [-0.4, -0.2) is 18.2 Å². The van der Waals surface area contributed by atoms with E-state index in [1.807, 2.05) is 0 Å². The molecule has 70 valence electrons. The minimum Gasteiger partial charge on any atom is -0.494 e. The number of halogens is 1. The second kappa shape index (κ2) is 3.30. The molecule has 1 aromatic carbocycles. The van der Waals surface area contributed by atoms with Gasteiger partial charge < -0.3 is 15.6 Å². The van der Waals surface area contributed by atoms with Crippen molar-refractivity contribution in [2.24, 2.45) is 0 Å². The van der Waals surface area contributed by atoms with Crippen molar-refractivity contribution in [2.45, 2.75) is 0 Å². The van der Waals surface area contributed by atoms with Crippen molar-refractivity contribution >= 4 is 11.7 Å². The highest BCUT2D eigenvalue weighted by molar-refractivity contribution is 5.93. The Balaban J connectivity index is 3.28. The van der Waals surface area contributed by atoms with Gasteiger partial charge >= 0.3 is 5.97 Å². The standard InChI is InChI=1S/C8H8FNO3/c1-13-7-3-6(10)4(8(11)12)2-5(7)9/h2-3H,10H2,1H3,(H,11,12). The second-order valence-corrected chi connectivity index (χ2v) is 2.38. The van der Waals surface area contributed by atoms with Crippen LogP contribution < -0.4 is 10.5 Å². The summed E-state index contributed by atoms with van der Waals surface area (Å²) in [7, 11) is 1.28. The number of aromatic carboxylic acids is 1. The molecule has 0 aliphatic rings. The van der Waals surface area contributed by atoms with Crippen molar-refractivity contribution in [2.75, 3.05) is 12.8 Å². The summed E-state index contributed by atoms with van der Waals surface area (Å²) in [5, 5.41) is 8.57. The van der Waals surface area contributed by atoms with Crippen molar-refractivity contribution < 1.29 is 19.0 Å². The number of hydrogen-bond acceptors (Lipinski definition) is 3. The Morgan fingerprint density at radius 2 is 2.23 bits per heavy atom. The van der Waals surface area contributed by atoms with E-state index in [1.54, 1.807) is 0 Å². The van der Waals surface area contributed by atoms with Crippen LogP contribution in [0.2, 0.25) is 0 Å². The number of nitrogen functional groups attached to an aromatic ring is 1. The van der Waals surface area contributed by atoms with Crippen LogP contribution in [0.1, 0.15) is 10.4 Å². The molecule has 1 rings (SSSR count). The highest BCUT2D eigenvalue weighted by Gasteiger charge is 2.12. The molecule has 5 heteroatoms. The van der Waals surface area contributed by atoms with Crippen molar-refractivity contribution in [1.29, 1.82) is 0 Å². The molecule has 0 unspecified atom stereocenters. The zero-order valence-electron chi connectivity index (χ0n) is 6.87. The summed E-state index contributed by atoms with van der Waals surface area (Å²) in [6, 6.07) is 1.97. The Labute approximate surface area is 73.7 Å². The number of carboxylic acids is 1. The third-order valence-corrected chi connectivity index (χ3v) is 1.55. The largest absolute Gasteiger partial charge is 0.494 e. The highest BCUT2D eigenvalue weighted by atomic mass is 19.1. The van der Waals surface area contributed by atoms with Crippen LogP contribution in [0.4, 0.5) is 10.1 Å². The summed E-state index contributed by atoms with van der Waals surface area (Å²) >= 11 is 0. The van der Waals surface area contributed by atoms with Crippen molar-refractivity contribution in [3.63, 3.8) is 0 Å². The van der Waals surface area contributed by atoms with Gasteiger partial charge in [0.2, 0.25) is 0 Å². The monoisotopic (exact) mass is 185 g/mol. The first-order chi connectivity index (χ1) is 6.06. The SMILES string of the molecule is COc1cc(N)c(C(=O)O)cc1F. The number of nitrogens with two attached hydrogens (primary N) is 1. The number of benzene rings is 1. The first kappa shape index (κ1) is 9.31. The molecule has 0 atom stereocenters. The maximum Gasteiger partial charge on any atom is 0.337 e. The third kappa shape index (κ3) is 1.69. The van der Waals surface area contributed by atoms with E-state index in [0.29, 0.717) is 0 Å². The van der Waals surface area contributed by atoms with Crippen LogP contribution in [0.15, 0.2) is 12.1 Å². The molecule has 0 saturated carbocycles. The quantitative estimate of drug-likeness (QED) is 0.677. The molecule has 0 fully saturated rings. The molecule has 0 aliphatic heterocycles. The first-order valence-corrected chi connectivity index (χ1v) is 3.42. The van der Waals surface area contributed by atoms with E-state index in [0.717, 1.165) is 12.1 Å². The fourth-order valence-corrected chi connectivity index (χ4v) is 0.911. The van der Waals surface area contributed by atoms with E-state index in [-0.39, 0.29) is 17.0 Å². The Bertz CT molecular complexity index is 351. The Kier molecular flexibility index (Phi) is 2.36. The minimum absolute atomic E-state index is 0.0225. The summed E-state index contributed by atoms with van der Waals surface area (Å²) in [6.45, 7) is 0. The number of ether oxygens (including phenoxy) is 1. The Hall–Kier alpha value is -1.78. The lowest BCUT2D eigenvalue weighted by atomic mass is 10.1. The van der Waals surface area contributed by atoms with Crippen LogP contribution in [0.5, 0.6) is 5.75 Å². The molecule has 0 aromatic heterocycles. The predicted molar refractivity (Wildman–Crippen MR) is 44.3 cm³/mol. The second-order valence-electron chi connectivity index (χ2n) is 2.38. The summed E-state index contributed by atoms with van der Waals surface area (Å²) < 4.78 is 17.6. The molecule has 4 nitrogen and oxygen atoms in total. The predicted octanol–water partition coefficient (Wildman–Crippen LogP) is 1.11. The van der Waals surface area contributed by atoms with Gasteiger partial charge in [0.25, 0.3) is 0 Å². The van der Waals surface area contributed by atoms with Crippen LogP contribution in [-0.2, 0) is 0 Å². The smallest absolute Gasteiger partial charge is 0.337 e. The molecule has 3 N–H and O–H groups in total. The maximum absolute atomic E-state index is 12.9. The average Bonchev–Trinajstić information content (AvgIpc) is 2.07. The van der Waals surface area contributed by atoms with E-state index < -0.39 is 11.8 Å². The number of rotatable bonds is 2. The van der Waals surface area contributed by atoms with Gasteiger partial charge in [0.05, 0.1) is 18.4 Å². The van der Waals surface area contributed by atoms with Crippen LogP contribution in [0.3, 0.4) is 0 Å². The van der Waals surface area contributed by atoms with Gasteiger partial charge in [-0.25, -0.2) is 9.18 Å². The molecule has 0 radical (unpaired) electrons. The number of methoxy groups -OCH3 is 1. The lowest BCUT2D eigenvalue weighted by molar-refractivity contribution is 0.0697. The fraction of sp³-hybridized carbons (Fsp3) is 0.125. The van der Waals surface area contributed by atoms with Crippen LogP contribution in [0, 0.1) is 5.82 Å². The molecule has 0 bridgehead atoms. The molecule has 13 heavy (non-hydrogen) atoms. The van der Waals surface area contributed by atoms with Crippen LogP contribution in [0.25, 0.3) is 0 Å². The molecule has 0 heterocycles. The van der Waals surface area contributed by atoms with Crippen molar-refractivity contribution in [3.05, 3.63) is 23.5 Å². The Morgan fingerprint density at radius 1 is 1.62 bits per heavy atom. The highest BCUT2D eigenvalue weighted by Crippen LogP contribution is 2.23. The fourth-order valence-electron chi connectivity index (χ4n) is 0.911. The zero-order valence-corrected chi connectivity index (χ0v) is 6.87. The number of anilines is 1.